The van der Waals surface area contributed by atoms with Crippen molar-refractivity contribution in [2.24, 2.45) is 0 Å². The summed E-state index contributed by atoms with van der Waals surface area (Å²) in [5.74, 6) is -0.538. The van der Waals surface area contributed by atoms with Crippen LogP contribution >= 0.6 is 11.8 Å². The molecule has 0 radical (unpaired) electrons. The summed E-state index contributed by atoms with van der Waals surface area (Å²) in [6.45, 7) is 1.44. The van der Waals surface area contributed by atoms with Crippen LogP contribution in [0.1, 0.15) is 6.92 Å². The van der Waals surface area contributed by atoms with Crippen LogP contribution < -0.4 is 0 Å². The van der Waals surface area contributed by atoms with Crippen LogP contribution in [0.3, 0.4) is 0 Å². The highest BCUT2D eigenvalue weighted by molar-refractivity contribution is 8.00. The third-order valence-corrected chi connectivity index (χ3v) is 4.85. The van der Waals surface area contributed by atoms with Crippen LogP contribution in [-0.2, 0) is 4.74 Å². The Labute approximate surface area is 172 Å². The minimum Gasteiger partial charge on any atom is -0.449 e. The van der Waals surface area contributed by atoms with Crippen LogP contribution in [0.4, 0.5) is 26.7 Å². The molecule has 0 saturated heterocycles. The Kier molecular flexibility index (Phi) is 6.45. The van der Waals surface area contributed by atoms with E-state index in [0.717, 1.165) is 16.7 Å². The lowest BCUT2D eigenvalue weighted by Crippen LogP contribution is -2.24. The van der Waals surface area contributed by atoms with Gasteiger partial charge >= 0.3 is 17.8 Å². The van der Waals surface area contributed by atoms with Gasteiger partial charge in [0.15, 0.2) is 5.16 Å². The maximum atomic E-state index is 13.8. The van der Waals surface area contributed by atoms with Crippen LogP contribution in [0.15, 0.2) is 59.8 Å². The first-order valence-electron chi connectivity index (χ1n) is 8.70. The number of nitrogens with zero attached hydrogens (tertiary/aromatic N) is 2. The number of carbonyl (C=O) groups excluding carboxylic acids is 1. The number of aromatic nitrogens is 2. The molecule has 0 fully saturated rings. The van der Waals surface area contributed by atoms with E-state index >= 15 is 0 Å². The quantitative estimate of drug-likeness (QED) is 0.331. The van der Waals surface area contributed by atoms with Crippen molar-refractivity contribution in [1.82, 2.24) is 9.55 Å². The molecule has 10 heteroatoms. The minimum absolute atomic E-state index is 0.0434. The third kappa shape index (κ3) is 4.48. The van der Waals surface area contributed by atoms with Crippen LogP contribution in [0.25, 0.3) is 22.5 Å². The number of thioether (sulfide) groups is 1. The fraction of sp³-hybridized carbons (Fsp3) is 0.200. The van der Waals surface area contributed by atoms with Gasteiger partial charge in [0.2, 0.25) is 0 Å². The molecule has 0 aliphatic rings. The monoisotopic (exact) mass is 442 g/mol. The highest BCUT2D eigenvalue weighted by atomic mass is 32.2. The van der Waals surface area contributed by atoms with E-state index in [1.807, 2.05) is 0 Å². The molecule has 1 heterocycles. The lowest BCUT2D eigenvalue weighted by Gasteiger charge is -2.15. The Morgan fingerprint density at radius 1 is 1.10 bits per heavy atom. The standard InChI is InChI=1S/C20H15F5N2O2S/c1-2-29-19(28)27-16(13-6-4-3-5-7-13)15(12-8-10-14(21)11-9-12)26-18(27)30-20(24,25)17(22)23/h3-11,17H,2H2,1H3. The van der Waals surface area contributed by atoms with Gasteiger partial charge < -0.3 is 4.74 Å². The number of hydrogen-bond acceptors (Lipinski definition) is 4. The lowest BCUT2D eigenvalue weighted by atomic mass is 10.0. The van der Waals surface area contributed by atoms with Gasteiger partial charge in [-0.15, -0.1) is 0 Å². The molecular weight excluding hydrogens is 427 g/mol. The van der Waals surface area contributed by atoms with Crippen LogP contribution in [0.2, 0.25) is 0 Å². The predicted octanol–water partition coefficient (Wildman–Crippen LogP) is 6.31. The molecule has 0 amide bonds. The fourth-order valence-corrected chi connectivity index (χ4v) is 3.39. The zero-order valence-corrected chi connectivity index (χ0v) is 16.3. The Morgan fingerprint density at radius 3 is 2.30 bits per heavy atom. The lowest BCUT2D eigenvalue weighted by molar-refractivity contribution is -0.0566. The van der Waals surface area contributed by atoms with Crippen molar-refractivity contribution in [3.63, 3.8) is 0 Å². The third-order valence-electron chi connectivity index (χ3n) is 3.94. The summed E-state index contributed by atoms with van der Waals surface area (Å²) in [6.07, 6.45) is -5.03. The number of benzene rings is 2. The summed E-state index contributed by atoms with van der Waals surface area (Å²) in [7, 11) is 0. The van der Waals surface area contributed by atoms with Gasteiger partial charge in [0.25, 0.3) is 0 Å². The van der Waals surface area contributed by atoms with Crippen LogP contribution in [-0.4, -0.2) is 33.9 Å². The Balaban J connectivity index is 2.29. The molecule has 0 spiro atoms. The first kappa shape index (κ1) is 21.8. The van der Waals surface area contributed by atoms with Crippen LogP contribution in [0, 0.1) is 5.82 Å². The summed E-state index contributed by atoms with van der Waals surface area (Å²) in [5.41, 5.74) is 0.820. The number of rotatable bonds is 6. The van der Waals surface area contributed by atoms with Crippen molar-refractivity contribution in [3.8, 4) is 22.5 Å². The average Bonchev–Trinajstić information content (AvgIpc) is 3.07. The molecule has 0 N–H and O–H groups in total. The van der Waals surface area contributed by atoms with Crippen molar-refractivity contribution in [1.29, 1.82) is 0 Å². The first-order chi connectivity index (χ1) is 14.2. The second kappa shape index (κ2) is 8.86. The molecule has 4 nitrogen and oxygen atoms in total. The van der Waals surface area contributed by atoms with E-state index in [4.69, 9.17) is 4.74 Å². The Bertz CT molecular complexity index is 1020. The van der Waals surface area contributed by atoms with Gasteiger partial charge in [0.1, 0.15) is 5.82 Å². The summed E-state index contributed by atoms with van der Waals surface area (Å²) in [6, 6.07) is 13.1. The summed E-state index contributed by atoms with van der Waals surface area (Å²) < 4.78 is 72.3. The second-order valence-corrected chi connectivity index (χ2v) is 7.08. The molecule has 0 saturated carbocycles. The van der Waals surface area contributed by atoms with Gasteiger partial charge in [-0.25, -0.2) is 27.5 Å². The van der Waals surface area contributed by atoms with Gasteiger partial charge in [0.05, 0.1) is 18.0 Å². The van der Waals surface area contributed by atoms with E-state index in [0.29, 0.717) is 11.1 Å². The van der Waals surface area contributed by atoms with Crippen molar-refractivity contribution < 1.29 is 31.5 Å². The number of ether oxygens (including phenoxy) is 1. The molecular formula is C20H15F5N2O2S. The molecule has 0 aliphatic carbocycles. The smallest absolute Gasteiger partial charge is 0.420 e. The van der Waals surface area contributed by atoms with E-state index in [1.165, 1.54) is 19.1 Å². The Morgan fingerprint density at radius 2 is 1.73 bits per heavy atom. The zero-order chi connectivity index (χ0) is 21.9. The number of carbonyl (C=O) groups is 1. The number of halogens is 5. The molecule has 2 aromatic carbocycles. The normalized spacial score (nSPS) is 11.7. The Hall–Kier alpha value is -2.88. The summed E-state index contributed by atoms with van der Waals surface area (Å²) >= 11 is -0.544. The highest BCUT2D eigenvalue weighted by Crippen LogP contribution is 2.43. The van der Waals surface area contributed by atoms with Crippen molar-refractivity contribution >= 4 is 17.9 Å². The minimum atomic E-state index is -4.50. The van der Waals surface area contributed by atoms with Crippen molar-refractivity contribution in [3.05, 3.63) is 60.4 Å². The molecule has 3 rings (SSSR count). The van der Waals surface area contributed by atoms with Crippen LogP contribution in [0.5, 0.6) is 0 Å². The molecule has 0 unspecified atom stereocenters. The maximum absolute atomic E-state index is 13.8. The maximum Gasteiger partial charge on any atom is 0.420 e. The molecule has 1 aromatic heterocycles. The fourth-order valence-electron chi connectivity index (χ4n) is 2.66. The molecule has 0 atom stereocenters. The molecule has 0 bridgehead atoms. The van der Waals surface area contributed by atoms with Gasteiger partial charge in [-0.3, -0.25) is 0 Å². The summed E-state index contributed by atoms with van der Waals surface area (Å²) in [5, 5.41) is -5.17. The molecule has 158 valence electrons. The zero-order valence-electron chi connectivity index (χ0n) is 15.5. The second-order valence-electron chi connectivity index (χ2n) is 5.96. The van der Waals surface area contributed by atoms with Crippen molar-refractivity contribution in [2.75, 3.05) is 6.61 Å². The topological polar surface area (TPSA) is 44.1 Å². The number of imidazole rings is 1. The molecule has 3 aromatic rings. The van der Waals surface area contributed by atoms with E-state index in [1.54, 1.807) is 30.3 Å². The highest BCUT2D eigenvalue weighted by Gasteiger charge is 2.44. The van der Waals surface area contributed by atoms with Gasteiger partial charge in [-0.1, -0.05) is 30.3 Å². The van der Waals surface area contributed by atoms with Gasteiger partial charge in [-0.2, -0.15) is 8.78 Å². The molecule has 0 aliphatic heterocycles. The van der Waals surface area contributed by atoms with E-state index < -0.39 is 40.5 Å². The average molecular weight is 442 g/mol. The number of hydrogen-bond donors (Lipinski definition) is 0. The largest absolute Gasteiger partial charge is 0.449 e. The molecule has 30 heavy (non-hydrogen) atoms. The van der Waals surface area contributed by atoms with E-state index in [-0.39, 0.29) is 18.0 Å². The van der Waals surface area contributed by atoms with E-state index in [2.05, 4.69) is 4.98 Å². The van der Waals surface area contributed by atoms with E-state index in [9.17, 15) is 26.7 Å². The van der Waals surface area contributed by atoms with Crippen molar-refractivity contribution in [2.45, 2.75) is 23.8 Å². The summed E-state index contributed by atoms with van der Waals surface area (Å²) in [4.78, 5) is 16.7. The van der Waals surface area contributed by atoms with Gasteiger partial charge in [-0.05, 0) is 43.0 Å². The van der Waals surface area contributed by atoms with Gasteiger partial charge in [0, 0.05) is 11.1 Å². The number of alkyl halides is 4. The first-order valence-corrected chi connectivity index (χ1v) is 9.52. The predicted molar refractivity (Wildman–Crippen MR) is 102 cm³/mol. The SMILES string of the molecule is CCOC(=O)n1c(SC(F)(F)C(F)F)nc(-c2ccc(F)cc2)c1-c1ccccc1.